The lowest BCUT2D eigenvalue weighted by molar-refractivity contribution is 0.589. The van der Waals surface area contributed by atoms with Crippen LogP contribution in [0.15, 0.2) is 154 Å². The lowest BCUT2D eigenvalue weighted by Gasteiger charge is -2.46. The molecule has 3 aromatic heterocycles. The summed E-state index contributed by atoms with van der Waals surface area (Å²) in [5.41, 5.74) is 23.6. The lowest BCUT2D eigenvalue weighted by atomic mass is 9.35. The van der Waals surface area contributed by atoms with Gasteiger partial charge in [-0.2, -0.15) is 0 Å². The Morgan fingerprint density at radius 2 is 0.986 bits per heavy atom. The molecule has 0 N–H and O–H groups in total. The van der Waals surface area contributed by atoms with Crippen molar-refractivity contribution < 1.29 is 8.83 Å². The smallest absolute Gasteiger partial charge is 0.297 e. The molecule has 0 radical (unpaired) electrons. The van der Waals surface area contributed by atoms with Crippen molar-refractivity contribution in [2.75, 3.05) is 9.80 Å². The van der Waals surface area contributed by atoms with Gasteiger partial charge in [-0.25, -0.2) is 0 Å². The minimum Gasteiger partial charge on any atom is -0.468 e. The van der Waals surface area contributed by atoms with Gasteiger partial charge in [0.25, 0.3) is 6.71 Å². The Balaban J connectivity index is 1.18. The number of benzene rings is 8. The Labute approximate surface area is 422 Å². The van der Waals surface area contributed by atoms with Crippen molar-refractivity contribution in [2.45, 2.75) is 105 Å². The zero-order valence-electron chi connectivity index (χ0n) is 43.6. The van der Waals surface area contributed by atoms with Crippen LogP contribution in [0, 0.1) is 0 Å². The summed E-state index contributed by atoms with van der Waals surface area (Å²) in [6.45, 7) is 28.0. The number of furan rings is 2. The van der Waals surface area contributed by atoms with Gasteiger partial charge in [0, 0.05) is 38.3 Å². The second kappa shape index (κ2) is 14.2. The monoisotopic (exact) mass is 937 g/mol. The second-order valence-electron chi connectivity index (χ2n) is 25.1. The molecule has 5 nitrogen and oxygen atoms in total. The third-order valence-corrected chi connectivity index (χ3v) is 16.3. The average Bonchev–Trinajstić information content (AvgIpc) is 4.02. The van der Waals surface area contributed by atoms with E-state index in [1.165, 1.54) is 83.3 Å². The fraction of sp³-hybridized carbons (Fsp3) is 0.242. The van der Waals surface area contributed by atoms with Gasteiger partial charge >= 0.3 is 0 Å². The number of anilines is 6. The van der Waals surface area contributed by atoms with Crippen LogP contribution >= 0.6 is 0 Å². The number of hydrogen-bond acceptors (Lipinski definition) is 4. The fourth-order valence-corrected chi connectivity index (χ4v) is 12.3. The van der Waals surface area contributed by atoms with Gasteiger partial charge < -0.3 is 23.2 Å². The highest BCUT2D eigenvalue weighted by Crippen LogP contribution is 2.56. The molecular weight excluding hydrogens is 878 g/mol. The van der Waals surface area contributed by atoms with Crippen LogP contribution < -0.4 is 26.4 Å². The summed E-state index contributed by atoms with van der Waals surface area (Å²) in [4.78, 5) is 5.19. The quantitative estimate of drug-likeness (QED) is 0.162. The van der Waals surface area contributed by atoms with Crippen LogP contribution in [0.5, 0.6) is 0 Å². The van der Waals surface area contributed by atoms with E-state index in [0.29, 0.717) is 0 Å². The van der Waals surface area contributed by atoms with Crippen LogP contribution in [0.25, 0.3) is 71.5 Å². The summed E-state index contributed by atoms with van der Waals surface area (Å²) in [7, 11) is 0. The third-order valence-electron chi connectivity index (χ3n) is 16.3. The van der Waals surface area contributed by atoms with Gasteiger partial charge in [-0.15, -0.1) is 0 Å². The van der Waals surface area contributed by atoms with E-state index in [0.717, 1.165) is 61.2 Å². The fourth-order valence-electron chi connectivity index (χ4n) is 12.3. The van der Waals surface area contributed by atoms with Gasteiger partial charge in [-0.1, -0.05) is 162 Å². The summed E-state index contributed by atoms with van der Waals surface area (Å²) in [5.74, 6) is 0. The molecule has 8 aromatic carbocycles. The maximum absolute atomic E-state index is 7.55. The first-order valence-corrected chi connectivity index (χ1v) is 25.9. The molecular formula is C66H60BN3O2. The van der Waals surface area contributed by atoms with E-state index in [4.69, 9.17) is 8.83 Å². The van der Waals surface area contributed by atoms with Crippen LogP contribution in [0.4, 0.5) is 34.1 Å². The normalized spacial score (nSPS) is 14.3. The minimum absolute atomic E-state index is 0.0153. The van der Waals surface area contributed by atoms with Crippen LogP contribution in [-0.2, 0) is 21.7 Å². The van der Waals surface area contributed by atoms with Crippen LogP contribution in [0.2, 0.25) is 0 Å². The third kappa shape index (κ3) is 5.95. The van der Waals surface area contributed by atoms with Gasteiger partial charge in [0.15, 0.2) is 5.58 Å². The largest absolute Gasteiger partial charge is 0.468 e. The molecule has 0 spiro atoms. The molecule has 0 aliphatic carbocycles. The predicted octanol–water partition coefficient (Wildman–Crippen LogP) is 16.7. The van der Waals surface area contributed by atoms with E-state index in [2.05, 4.69) is 243 Å². The summed E-state index contributed by atoms with van der Waals surface area (Å²) >= 11 is 0. The molecule has 0 saturated heterocycles. The highest BCUT2D eigenvalue weighted by Gasteiger charge is 2.50. The summed E-state index contributed by atoms with van der Waals surface area (Å²) in [5, 5.41) is 5.86. The Bertz CT molecular complexity index is 4160. The van der Waals surface area contributed by atoms with Gasteiger partial charge in [-0.05, 0) is 133 Å². The Kier molecular flexibility index (Phi) is 8.53. The highest BCUT2D eigenvalue weighted by atomic mass is 16.3. The summed E-state index contributed by atoms with van der Waals surface area (Å²) < 4.78 is 17.2. The van der Waals surface area contributed by atoms with Crippen LogP contribution in [-0.4, -0.2) is 11.3 Å². The minimum atomic E-state index is -0.234. The first-order valence-electron chi connectivity index (χ1n) is 25.9. The molecule has 0 saturated carbocycles. The van der Waals surface area contributed by atoms with Crippen molar-refractivity contribution in [2.24, 2.45) is 0 Å². The van der Waals surface area contributed by atoms with E-state index >= 15 is 0 Å². The number of hydrogen-bond donors (Lipinski definition) is 0. The SMILES string of the molecule is CC(C)(C)c1cc2c3c(c1)N1c4c(cc(C(C)(C)C)cc4-n4c5ccc(C(C)(C)C)cc5c5cc(C(C)(C)C)cc1c54)B3c1oc3ccc(-c4ccccc4)cc3c1N2c1cccc2c1oc1ccccc12. The molecule has 0 atom stereocenters. The summed E-state index contributed by atoms with van der Waals surface area (Å²) in [6, 6.07) is 54.9. The average molecular weight is 938 g/mol. The van der Waals surface area contributed by atoms with Crippen LogP contribution in [0.1, 0.15) is 105 Å². The zero-order chi connectivity index (χ0) is 49.7. The van der Waals surface area contributed by atoms with Crippen molar-refractivity contribution in [3.8, 4) is 16.8 Å². The Morgan fingerprint density at radius 1 is 0.389 bits per heavy atom. The number of para-hydroxylation sites is 2. The van der Waals surface area contributed by atoms with E-state index in [1.807, 2.05) is 0 Å². The maximum Gasteiger partial charge on any atom is 0.297 e. The molecule has 72 heavy (non-hydrogen) atoms. The number of nitrogens with zero attached hydrogens (tertiary/aromatic N) is 3. The van der Waals surface area contributed by atoms with E-state index in [1.54, 1.807) is 0 Å². The van der Waals surface area contributed by atoms with Gasteiger partial charge in [-0.3, -0.25) is 0 Å². The topological polar surface area (TPSA) is 37.7 Å². The highest BCUT2D eigenvalue weighted by molar-refractivity contribution is 7.00. The molecule has 6 heterocycles. The standard InChI is InChI=1S/C66H60BN3O2/c1-63(2,3)39-26-27-49-45(30-39)46-31-40(64(4,5)6)35-53-58(46)68(49)54-36-41(65(7,8)9)32-48-60(54)70(53)52-34-42(66(10,11)12)33-51-57(52)67(48)62-59(47-29-38(25-28-56(47)72-62)37-19-14-13-15-20-37)69(51)50-23-18-22-44-43-21-16-17-24-55(43)71-61(44)50/h13-36H,1-12H3. The van der Waals surface area contributed by atoms with Gasteiger partial charge in [0.2, 0.25) is 0 Å². The first-order chi connectivity index (χ1) is 34.2. The molecule has 11 aromatic rings. The second-order valence-corrected chi connectivity index (χ2v) is 25.1. The van der Waals surface area contributed by atoms with Gasteiger partial charge in [0.05, 0.1) is 45.1 Å². The Morgan fingerprint density at radius 3 is 1.71 bits per heavy atom. The predicted molar refractivity (Wildman–Crippen MR) is 306 cm³/mol. The molecule has 0 amide bonds. The molecule has 0 unspecified atom stereocenters. The molecule has 354 valence electrons. The molecule has 3 aliphatic rings. The zero-order valence-corrected chi connectivity index (χ0v) is 43.6. The number of fused-ring (bicyclic) bond motifs is 14. The van der Waals surface area contributed by atoms with E-state index in [9.17, 15) is 0 Å². The van der Waals surface area contributed by atoms with Crippen molar-refractivity contribution in [1.82, 2.24) is 4.57 Å². The molecule has 0 fully saturated rings. The molecule has 14 rings (SSSR count). The van der Waals surface area contributed by atoms with Crippen LogP contribution in [0.3, 0.4) is 0 Å². The molecule has 6 heteroatoms. The summed E-state index contributed by atoms with van der Waals surface area (Å²) in [6.07, 6.45) is 0. The van der Waals surface area contributed by atoms with Crippen molar-refractivity contribution >= 4 is 112 Å². The first kappa shape index (κ1) is 43.4. The molecule has 0 bridgehead atoms. The van der Waals surface area contributed by atoms with E-state index < -0.39 is 0 Å². The lowest BCUT2D eigenvalue weighted by Crippen LogP contribution is -2.61. The Hall–Kier alpha value is -7.44. The number of rotatable bonds is 2. The molecule has 3 aliphatic heterocycles. The number of aromatic nitrogens is 1. The maximum atomic E-state index is 7.55. The van der Waals surface area contributed by atoms with Crippen molar-refractivity contribution in [3.05, 3.63) is 168 Å². The van der Waals surface area contributed by atoms with Crippen molar-refractivity contribution in [1.29, 1.82) is 0 Å². The van der Waals surface area contributed by atoms with E-state index in [-0.39, 0.29) is 28.4 Å². The van der Waals surface area contributed by atoms with Gasteiger partial charge in [0.1, 0.15) is 11.2 Å². The van der Waals surface area contributed by atoms with Crippen molar-refractivity contribution in [3.63, 3.8) is 0 Å².